The minimum Gasteiger partial charge on any atom is -0.497 e. The second kappa shape index (κ2) is 9.95. The summed E-state index contributed by atoms with van der Waals surface area (Å²) in [6.45, 7) is 2.23. The van der Waals surface area contributed by atoms with Gasteiger partial charge < -0.3 is 25.0 Å². The van der Waals surface area contributed by atoms with Crippen molar-refractivity contribution in [3.8, 4) is 11.5 Å². The van der Waals surface area contributed by atoms with Crippen LogP contribution in [0.1, 0.15) is 24.8 Å². The molecule has 0 spiro atoms. The fourth-order valence-corrected chi connectivity index (χ4v) is 3.54. The topological polar surface area (TPSA) is 88.6 Å². The van der Waals surface area contributed by atoms with E-state index in [-0.39, 0.29) is 5.91 Å². The van der Waals surface area contributed by atoms with E-state index in [0.717, 1.165) is 43.1 Å². The van der Waals surface area contributed by atoms with Gasteiger partial charge in [0, 0.05) is 50.9 Å². The van der Waals surface area contributed by atoms with Crippen LogP contribution in [0.4, 0.5) is 11.8 Å². The zero-order chi connectivity index (χ0) is 20.6. The summed E-state index contributed by atoms with van der Waals surface area (Å²) in [6.07, 6.45) is 4.25. The van der Waals surface area contributed by atoms with Crippen LogP contribution in [0.3, 0.4) is 0 Å². The van der Waals surface area contributed by atoms with Crippen LogP contribution in [0, 0.1) is 5.92 Å². The SMILES string of the molecule is CNc1nccc(N2CCC(CC(=O)NCc3ccc(OC)cc3OC)CC2)n1. The van der Waals surface area contributed by atoms with Crippen LogP contribution in [-0.4, -0.2) is 50.2 Å². The number of ether oxygens (including phenoxy) is 2. The van der Waals surface area contributed by atoms with Crippen molar-refractivity contribution in [2.45, 2.75) is 25.8 Å². The molecule has 0 saturated carbocycles. The van der Waals surface area contributed by atoms with Gasteiger partial charge in [0.1, 0.15) is 17.3 Å². The van der Waals surface area contributed by atoms with Gasteiger partial charge in [-0.05, 0) is 37.0 Å². The molecule has 1 fully saturated rings. The third kappa shape index (κ3) is 5.49. The summed E-state index contributed by atoms with van der Waals surface area (Å²) in [5.74, 6) is 3.45. The van der Waals surface area contributed by atoms with Gasteiger partial charge >= 0.3 is 0 Å². The van der Waals surface area contributed by atoms with Crippen LogP contribution >= 0.6 is 0 Å². The van der Waals surface area contributed by atoms with Gasteiger partial charge in [0.15, 0.2) is 0 Å². The van der Waals surface area contributed by atoms with Crippen molar-refractivity contribution < 1.29 is 14.3 Å². The highest BCUT2D eigenvalue weighted by molar-refractivity contribution is 5.76. The first-order valence-electron chi connectivity index (χ1n) is 9.86. The van der Waals surface area contributed by atoms with Crippen molar-refractivity contribution in [3.05, 3.63) is 36.0 Å². The van der Waals surface area contributed by atoms with Crippen LogP contribution in [0.15, 0.2) is 30.5 Å². The highest BCUT2D eigenvalue weighted by atomic mass is 16.5. The Hall–Kier alpha value is -3.03. The first kappa shape index (κ1) is 20.7. The maximum Gasteiger partial charge on any atom is 0.224 e. The molecule has 2 heterocycles. The largest absolute Gasteiger partial charge is 0.497 e. The van der Waals surface area contributed by atoms with Crippen molar-refractivity contribution in [1.29, 1.82) is 0 Å². The maximum atomic E-state index is 12.4. The number of piperidine rings is 1. The summed E-state index contributed by atoms with van der Waals surface area (Å²) in [7, 11) is 5.04. The number of aromatic nitrogens is 2. The Morgan fingerprint density at radius 2 is 2.00 bits per heavy atom. The Bertz CT molecular complexity index is 822. The van der Waals surface area contributed by atoms with E-state index in [4.69, 9.17) is 9.47 Å². The van der Waals surface area contributed by atoms with E-state index in [1.54, 1.807) is 20.4 Å². The van der Waals surface area contributed by atoms with Crippen LogP contribution in [-0.2, 0) is 11.3 Å². The predicted octanol–water partition coefficient (Wildman–Crippen LogP) is 2.46. The first-order chi connectivity index (χ1) is 14.1. The van der Waals surface area contributed by atoms with Gasteiger partial charge in [0.05, 0.1) is 14.2 Å². The molecule has 1 aromatic carbocycles. The minimum absolute atomic E-state index is 0.0702. The normalized spacial score (nSPS) is 14.4. The summed E-state index contributed by atoms with van der Waals surface area (Å²) >= 11 is 0. The molecular formula is C21H29N5O3. The van der Waals surface area contributed by atoms with Gasteiger partial charge in [-0.1, -0.05) is 0 Å². The van der Waals surface area contributed by atoms with E-state index in [1.807, 2.05) is 31.3 Å². The van der Waals surface area contributed by atoms with Crippen LogP contribution < -0.4 is 25.0 Å². The second-order valence-corrected chi connectivity index (χ2v) is 7.08. The molecule has 0 aliphatic carbocycles. The molecule has 1 saturated heterocycles. The molecular weight excluding hydrogens is 370 g/mol. The molecule has 0 radical (unpaired) electrons. The number of amides is 1. The molecule has 8 heteroatoms. The van der Waals surface area contributed by atoms with Gasteiger partial charge in [-0.3, -0.25) is 4.79 Å². The van der Waals surface area contributed by atoms with Gasteiger partial charge in [-0.15, -0.1) is 0 Å². The van der Waals surface area contributed by atoms with E-state index in [2.05, 4.69) is 25.5 Å². The quantitative estimate of drug-likeness (QED) is 0.705. The standard InChI is InChI=1S/C21H29N5O3/c1-22-21-23-9-6-19(25-21)26-10-7-15(8-11-26)12-20(27)24-14-16-4-5-17(28-2)13-18(16)29-3/h4-6,9,13,15H,7-8,10-12,14H2,1-3H3,(H,24,27)(H,22,23,25). The van der Waals surface area contributed by atoms with Crippen molar-refractivity contribution in [3.63, 3.8) is 0 Å². The van der Waals surface area contributed by atoms with Gasteiger partial charge in [0.2, 0.25) is 11.9 Å². The van der Waals surface area contributed by atoms with Crippen molar-refractivity contribution in [2.24, 2.45) is 5.92 Å². The van der Waals surface area contributed by atoms with E-state index >= 15 is 0 Å². The highest BCUT2D eigenvalue weighted by Crippen LogP contribution is 2.26. The van der Waals surface area contributed by atoms with Crippen LogP contribution in [0.2, 0.25) is 0 Å². The number of rotatable bonds is 8. The lowest BCUT2D eigenvalue weighted by molar-refractivity contribution is -0.122. The average molecular weight is 399 g/mol. The highest BCUT2D eigenvalue weighted by Gasteiger charge is 2.22. The number of hydrogen-bond donors (Lipinski definition) is 2. The summed E-state index contributed by atoms with van der Waals surface area (Å²) in [4.78, 5) is 23.3. The number of carbonyl (C=O) groups is 1. The van der Waals surface area contributed by atoms with E-state index in [0.29, 0.717) is 30.6 Å². The molecule has 0 unspecified atom stereocenters. The third-order valence-electron chi connectivity index (χ3n) is 5.25. The first-order valence-corrected chi connectivity index (χ1v) is 9.86. The molecule has 1 aromatic heterocycles. The lowest BCUT2D eigenvalue weighted by atomic mass is 9.93. The number of anilines is 2. The summed E-state index contributed by atoms with van der Waals surface area (Å²) in [6, 6.07) is 7.53. The van der Waals surface area contributed by atoms with Crippen LogP contribution in [0.25, 0.3) is 0 Å². The monoisotopic (exact) mass is 399 g/mol. The minimum atomic E-state index is 0.0702. The third-order valence-corrected chi connectivity index (χ3v) is 5.25. The molecule has 3 rings (SSSR count). The smallest absolute Gasteiger partial charge is 0.224 e. The fraction of sp³-hybridized carbons (Fsp3) is 0.476. The maximum absolute atomic E-state index is 12.4. The number of methoxy groups -OCH3 is 2. The summed E-state index contributed by atoms with van der Waals surface area (Å²) in [5, 5.41) is 5.98. The summed E-state index contributed by atoms with van der Waals surface area (Å²) in [5.41, 5.74) is 0.931. The molecule has 29 heavy (non-hydrogen) atoms. The fourth-order valence-electron chi connectivity index (χ4n) is 3.54. The number of benzene rings is 1. The van der Waals surface area contributed by atoms with Crippen LogP contribution in [0.5, 0.6) is 11.5 Å². The average Bonchev–Trinajstić information content (AvgIpc) is 2.78. The molecule has 8 nitrogen and oxygen atoms in total. The Labute approximate surface area is 171 Å². The molecule has 0 bridgehead atoms. The molecule has 2 N–H and O–H groups in total. The zero-order valence-electron chi connectivity index (χ0n) is 17.3. The molecule has 156 valence electrons. The molecule has 1 aliphatic heterocycles. The Morgan fingerprint density at radius 3 is 2.69 bits per heavy atom. The van der Waals surface area contributed by atoms with E-state index in [1.165, 1.54) is 0 Å². The van der Waals surface area contributed by atoms with Crippen molar-refractivity contribution in [2.75, 3.05) is 44.6 Å². The Balaban J connectivity index is 1.46. The number of nitrogens with one attached hydrogen (secondary N) is 2. The lowest BCUT2D eigenvalue weighted by Crippen LogP contribution is -2.36. The van der Waals surface area contributed by atoms with E-state index < -0.39 is 0 Å². The lowest BCUT2D eigenvalue weighted by Gasteiger charge is -2.32. The predicted molar refractivity (Wildman–Crippen MR) is 113 cm³/mol. The van der Waals surface area contributed by atoms with Gasteiger partial charge in [-0.25, -0.2) is 4.98 Å². The van der Waals surface area contributed by atoms with E-state index in [9.17, 15) is 4.79 Å². The summed E-state index contributed by atoms with van der Waals surface area (Å²) < 4.78 is 10.6. The van der Waals surface area contributed by atoms with Gasteiger partial charge in [-0.2, -0.15) is 4.98 Å². The number of hydrogen-bond acceptors (Lipinski definition) is 7. The number of carbonyl (C=O) groups excluding carboxylic acids is 1. The Kier molecular flexibility index (Phi) is 7.10. The molecule has 2 aromatic rings. The molecule has 0 atom stereocenters. The molecule has 1 aliphatic rings. The van der Waals surface area contributed by atoms with Crippen molar-refractivity contribution >= 4 is 17.7 Å². The Morgan fingerprint density at radius 1 is 1.21 bits per heavy atom. The number of nitrogens with zero attached hydrogens (tertiary/aromatic N) is 3. The molecule has 1 amide bonds. The second-order valence-electron chi connectivity index (χ2n) is 7.08. The van der Waals surface area contributed by atoms with Crippen molar-refractivity contribution in [1.82, 2.24) is 15.3 Å². The van der Waals surface area contributed by atoms with Gasteiger partial charge in [0.25, 0.3) is 0 Å². The zero-order valence-corrected chi connectivity index (χ0v) is 17.3.